The highest BCUT2D eigenvalue weighted by molar-refractivity contribution is 6.07. The van der Waals surface area contributed by atoms with E-state index in [1.807, 2.05) is 6.07 Å². The molecular formula is C25H27FN4O2. The molecule has 0 atom stereocenters. The number of fused-ring (bicyclic) bond motifs is 2. The molecule has 0 spiro atoms. The van der Waals surface area contributed by atoms with E-state index in [0.717, 1.165) is 63.9 Å². The van der Waals surface area contributed by atoms with Crippen molar-refractivity contribution in [1.82, 2.24) is 9.55 Å². The van der Waals surface area contributed by atoms with Crippen LogP contribution in [-0.4, -0.2) is 28.5 Å². The van der Waals surface area contributed by atoms with E-state index in [9.17, 15) is 14.0 Å². The van der Waals surface area contributed by atoms with Gasteiger partial charge in [0, 0.05) is 31.6 Å². The summed E-state index contributed by atoms with van der Waals surface area (Å²) in [5.41, 5.74) is 1.72. The molecule has 6 nitrogen and oxygen atoms in total. The molecule has 1 saturated heterocycles. The summed E-state index contributed by atoms with van der Waals surface area (Å²) in [6.07, 6.45) is 7.11. The summed E-state index contributed by atoms with van der Waals surface area (Å²) < 4.78 is 16.4. The van der Waals surface area contributed by atoms with Crippen LogP contribution in [0.3, 0.4) is 0 Å². The van der Waals surface area contributed by atoms with Crippen LogP contribution in [0.2, 0.25) is 0 Å². The number of nitrogens with one attached hydrogen (secondary N) is 1. The van der Waals surface area contributed by atoms with Crippen molar-refractivity contribution < 1.29 is 9.18 Å². The van der Waals surface area contributed by atoms with E-state index >= 15 is 0 Å². The van der Waals surface area contributed by atoms with Gasteiger partial charge in [-0.3, -0.25) is 14.2 Å². The van der Waals surface area contributed by atoms with Gasteiger partial charge in [-0.2, -0.15) is 0 Å². The highest BCUT2D eigenvalue weighted by Crippen LogP contribution is 2.31. The molecule has 3 heterocycles. The first kappa shape index (κ1) is 20.7. The number of amides is 1. The van der Waals surface area contributed by atoms with Gasteiger partial charge in [-0.25, -0.2) is 9.37 Å². The molecule has 2 aliphatic rings. The Hall–Kier alpha value is -3.22. The van der Waals surface area contributed by atoms with Crippen LogP contribution < -0.4 is 15.8 Å². The number of aromatic nitrogens is 2. The second-order valence-electron chi connectivity index (χ2n) is 8.66. The van der Waals surface area contributed by atoms with Crippen LogP contribution in [0.1, 0.15) is 54.7 Å². The number of para-hydroxylation sites is 1. The molecule has 0 bridgehead atoms. The Kier molecular flexibility index (Phi) is 5.64. The third-order valence-electron chi connectivity index (χ3n) is 6.51. The molecule has 0 aliphatic carbocycles. The Labute approximate surface area is 186 Å². The minimum absolute atomic E-state index is 0.0516. The van der Waals surface area contributed by atoms with Gasteiger partial charge in [0.05, 0.1) is 16.6 Å². The minimum Gasteiger partial charge on any atom is -0.370 e. The molecule has 3 aromatic rings. The molecule has 2 aromatic carbocycles. The lowest BCUT2D eigenvalue weighted by atomic mass is 10.1. The summed E-state index contributed by atoms with van der Waals surface area (Å²) in [5.74, 6) is -0.0856. The first-order valence-electron chi connectivity index (χ1n) is 11.5. The Morgan fingerprint density at radius 2 is 1.75 bits per heavy atom. The number of aryl methyl sites for hydroxylation is 1. The standard InChI is InChI=1S/C25H27FN4O2/c26-19-8-7-9-21(29-13-5-6-14-29)23(19)28-24(31)17-11-12-18-20(16-17)27-22-10-3-1-2-4-15-30(22)25(18)32/h7-9,11-12,16H,1-6,10,13-15H2,(H,28,31). The molecule has 5 rings (SSSR count). The predicted octanol–water partition coefficient (Wildman–Crippen LogP) is 4.50. The molecule has 0 saturated carbocycles. The molecule has 7 heteroatoms. The largest absolute Gasteiger partial charge is 0.370 e. The van der Waals surface area contributed by atoms with Crippen molar-refractivity contribution in [2.24, 2.45) is 0 Å². The van der Waals surface area contributed by atoms with Crippen LogP contribution in [0.4, 0.5) is 15.8 Å². The molecule has 32 heavy (non-hydrogen) atoms. The van der Waals surface area contributed by atoms with Crippen LogP contribution in [0, 0.1) is 5.82 Å². The molecule has 0 unspecified atom stereocenters. The van der Waals surface area contributed by atoms with Crippen LogP contribution in [-0.2, 0) is 13.0 Å². The number of rotatable bonds is 3. The fraction of sp³-hybridized carbons (Fsp3) is 0.400. The first-order valence-corrected chi connectivity index (χ1v) is 11.5. The monoisotopic (exact) mass is 434 g/mol. The predicted molar refractivity (Wildman–Crippen MR) is 124 cm³/mol. The van der Waals surface area contributed by atoms with Gasteiger partial charge in [0.2, 0.25) is 0 Å². The summed E-state index contributed by atoms with van der Waals surface area (Å²) in [6, 6.07) is 9.78. The van der Waals surface area contributed by atoms with Gasteiger partial charge in [-0.15, -0.1) is 0 Å². The van der Waals surface area contributed by atoms with Crippen molar-refractivity contribution in [3.8, 4) is 0 Å². The second-order valence-corrected chi connectivity index (χ2v) is 8.66. The van der Waals surface area contributed by atoms with Crippen molar-refractivity contribution in [3.05, 3.63) is 64.0 Å². The number of hydrogen-bond acceptors (Lipinski definition) is 4. The maximum Gasteiger partial charge on any atom is 0.261 e. The van der Waals surface area contributed by atoms with Crippen LogP contribution in [0.15, 0.2) is 41.2 Å². The zero-order chi connectivity index (χ0) is 22.1. The number of hydrogen-bond donors (Lipinski definition) is 1. The van der Waals surface area contributed by atoms with Crippen LogP contribution >= 0.6 is 0 Å². The first-order chi connectivity index (χ1) is 15.6. The zero-order valence-electron chi connectivity index (χ0n) is 18.1. The maximum absolute atomic E-state index is 14.6. The highest BCUT2D eigenvalue weighted by Gasteiger charge is 2.21. The summed E-state index contributed by atoms with van der Waals surface area (Å²) in [6.45, 7) is 2.38. The Morgan fingerprint density at radius 1 is 0.969 bits per heavy atom. The van der Waals surface area contributed by atoms with Gasteiger partial charge < -0.3 is 10.2 Å². The van der Waals surface area contributed by atoms with Crippen molar-refractivity contribution >= 4 is 28.2 Å². The van der Waals surface area contributed by atoms with Crippen molar-refractivity contribution in [2.75, 3.05) is 23.3 Å². The van der Waals surface area contributed by atoms with Crippen molar-refractivity contribution in [3.63, 3.8) is 0 Å². The van der Waals surface area contributed by atoms with Gasteiger partial charge in [0.15, 0.2) is 0 Å². The van der Waals surface area contributed by atoms with E-state index in [1.165, 1.54) is 6.07 Å². The third-order valence-corrected chi connectivity index (χ3v) is 6.51. The molecule has 1 amide bonds. The number of carbonyl (C=O) groups excluding carboxylic acids is 1. The lowest BCUT2D eigenvalue weighted by molar-refractivity contribution is 0.102. The fourth-order valence-corrected chi connectivity index (χ4v) is 4.78. The SMILES string of the molecule is O=C(Nc1c(F)cccc1N1CCCC1)c1ccc2c(=O)n3c(nc2c1)CCCCCC3. The van der Waals surface area contributed by atoms with Crippen molar-refractivity contribution in [1.29, 1.82) is 0 Å². The van der Waals surface area contributed by atoms with Crippen LogP contribution in [0.5, 0.6) is 0 Å². The normalized spacial score (nSPS) is 16.5. The van der Waals surface area contributed by atoms with Gasteiger partial charge in [-0.05, 0) is 56.0 Å². The second kappa shape index (κ2) is 8.73. The number of benzene rings is 2. The third kappa shape index (κ3) is 3.87. The summed E-state index contributed by atoms with van der Waals surface area (Å²) in [4.78, 5) is 32.9. The Balaban J connectivity index is 1.48. The molecule has 1 aromatic heterocycles. The Morgan fingerprint density at radius 3 is 2.59 bits per heavy atom. The molecule has 166 valence electrons. The summed E-state index contributed by atoms with van der Waals surface area (Å²) in [5, 5.41) is 3.27. The quantitative estimate of drug-likeness (QED) is 0.659. The van der Waals surface area contributed by atoms with E-state index in [1.54, 1.807) is 28.8 Å². The van der Waals surface area contributed by atoms with Gasteiger partial charge in [0.1, 0.15) is 17.3 Å². The minimum atomic E-state index is -0.457. The molecule has 1 N–H and O–H groups in total. The molecular weight excluding hydrogens is 407 g/mol. The number of halogens is 1. The van der Waals surface area contributed by atoms with E-state index in [-0.39, 0.29) is 11.2 Å². The van der Waals surface area contributed by atoms with Gasteiger partial charge in [0.25, 0.3) is 11.5 Å². The topological polar surface area (TPSA) is 67.2 Å². The molecule has 1 fully saturated rings. The van der Waals surface area contributed by atoms with Crippen molar-refractivity contribution in [2.45, 2.75) is 51.5 Å². The lowest BCUT2D eigenvalue weighted by Gasteiger charge is -2.22. The van der Waals surface area contributed by atoms with E-state index in [2.05, 4.69) is 10.2 Å². The number of nitrogens with zero attached hydrogens (tertiary/aromatic N) is 3. The van der Waals surface area contributed by atoms with Crippen LogP contribution in [0.25, 0.3) is 10.9 Å². The number of anilines is 2. The fourth-order valence-electron chi connectivity index (χ4n) is 4.78. The average molecular weight is 435 g/mol. The van der Waals surface area contributed by atoms with E-state index < -0.39 is 11.7 Å². The van der Waals surface area contributed by atoms with E-state index in [4.69, 9.17) is 4.98 Å². The lowest BCUT2D eigenvalue weighted by Crippen LogP contribution is -2.27. The summed E-state index contributed by atoms with van der Waals surface area (Å²) in [7, 11) is 0. The van der Waals surface area contributed by atoms with E-state index in [0.29, 0.717) is 28.7 Å². The maximum atomic E-state index is 14.6. The number of carbonyl (C=O) groups is 1. The molecule has 2 aliphatic heterocycles. The Bertz CT molecular complexity index is 1230. The smallest absolute Gasteiger partial charge is 0.261 e. The van der Waals surface area contributed by atoms with Gasteiger partial charge >= 0.3 is 0 Å². The zero-order valence-corrected chi connectivity index (χ0v) is 18.1. The summed E-state index contributed by atoms with van der Waals surface area (Å²) >= 11 is 0. The highest BCUT2D eigenvalue weighted by atomic mass is 19.1. The molecule has 0 radical (unpaired) electrons. The van der Waals surface area contributed by atoms with Gasteiger partial charge in [-0.1, -0.05) is 18.9 Å². The average Bonchev–Trinajstić information content (AvgIpc) is 3.31.